The number of hydrogen-bond acceptors (Lipinski definition) is 3. The van der Waals surface area contributed by atoms with Crippen LogP contribution < -0.4 is 11.1 Å². The zero-order valence-corrected chi connectivity index (χ0v) is 11.7. The average molecular weight is 300 g/mol. The predicted molar refractivity (Wildman–Crippen MR) is 74.6 cm³/mol. The maximum atomic E-state index is 8.57. The fourth-order valence-corrected chi connectivity index (χ4v) is 2.08. The SMILES string of the molecule is CCC(CC(N)=NO)Nc1ccc(Br)cc1C. The van der Waals surface area contributed by atoms with Crippen LogP contribution in [0.1, 0.15) is 25.3 Å². The summed E-state index contributed by atoms with van der Waals surface area (Å²) in [4.78, 5) is 0. The van der Waals surface area contributed by atoms with Gasteiger partial charge in [-0.1, -0.05) is 28.0 Å². The molecule has 0 aromatic heterocycles. The Morgan fingerprint density at radius 3 is 2.82 bits per heavy atom. The summed E-state index contributed by atoms with van der Waals surface area (Å²) in [7, 11) is 0. The van der Waals surface area contributed by atoms with Crippen molar-refractivity contribution in [3.8, 4) is 0 Å². The largest absolute Gasteiger partial charge is 0.409 e. The lowest BCUT2D eigenvalue weighted by molar-refractivity contribution is 0.316. The van der Waals surface area contributed by atoms with E-state index < -0.39 is 0 Å². The molecule has 1 aromatic rings. The number of nitrogens with two attached hydrogens (primary N) is 1. The third-order valence-corrected chi connectivity index (χ3v) is 3.12. The van der Waals surface area contributed by atoms with Crippen LogP contribution in [0.3, 0.4) is 0 Å². The molecule has 0 aliphatic carbocycles. The fraction of sp³-hybridized carbons (Fsp3) is 0.417. The van der Waals surface area contributed by atoms with Crippen molar-refractivity contribution in [2.45, 2.75) is 32.7 Å². The van der Waals surface area contributed by atoms with Crippen molar-refractivity contribution in [2.24, 2.45) is 10.9 Å². The number of nitrogens with zero attached hydrogens (tertiary/aromatic N) is 1. The molecule has 0 saturated carbocycles. The van der Waals surface area contributed by atoms with Gasteiger partial charge < -0.3 is 16.3 Å². The molecule has 4 N–H and O–H groups in total. The second-order valence-corrected chi connectivity index (χ2v) is 4.92. The maximum Gasteiger partial charge on any atom is 0.141 e. The van der Waals surface area contributed by atoms with E-state index in [1.807, 2.05) is 19.1 Å². The molecule has 0 amide bonds. The number of rotatable bonds is 5. The second kappa shape index (κ2) is 6.49. The molecule has 94 valence electrons. The lowest BCUT2D eigenvalue weighted by atomic mass is 10.1. The minimum atomic E-state index is 0.172. The van der Waals surface area contributed by atoms with Gasteiger partial charge in [0.2, 0.25) is 0 Å². The second-order valence-electron chi connectivity index (χ2n) is 4.00. The molecule has 0 bridgehead atoms. The van der Waals surface area contributed by atoms with Gasteiger partial charge in [-0.2, -0.15) is 0 Å². The molecule has 0 saturated heterocycles. The van der Waals surface area contributed by atoms with Crippen molar-refractivity contribution in [1.82, 2.24) is 0 Å². The number of aryl methyl sites for hydroxylation is 1. The minimum absolute atomic E-state index is 0.172. The first-order valence-corrected chi connectivity index (χ1v) is 6.35. The third-order valence-electron chi connectivity index (χ3n) is 2.62. The van der Waals surface area contributed by atoms with Crippen LogP contribution in [-0.2, 0) is 0 Å². The zero-order chi connectivity index (χ0) is 12.8. The minimum Gasteiger partial charge on any atom is -0.409 e. The average Bonchev–Trinajstić information content (AvgIpc) is 2.31. The van der Waals surface area contributed by atoms with Gasteiger partial charge in [-0.05, 0) is 37.1 Å². The van der Waals surface area contributed by atoms with E-state index in [-0.39, 0.29) is 11.9 Å². The molecule has 0 radical (unpaired) electrons. The fourth-order valence-electron chi connectivity index (χ4n) is 1.60. The van der Waals surface area contributed by atoms with E-state index in [1.165, 1.54) is 0 Å². The molecule has 1 atom stereocenters. The topological polar surface area (TPSA) is 70.6 Å². The summed E-state index contributed by atoms with van der Waals surface area (Å²) in [5.74, 6) is 0.249. The van der Waals surface area contributed by atoms with Gasteiger partial charge in [0.05, 0.1) is 0 Å². The van der Waals surface area contributed by atoms with Crippen molar-refractivity contribution in [2.75, 3.05) is 5.32 Å². The van der Waals surface area contributed by atoms with Crippen molar-refractivity contribution >= 4 is 27.5 Å². The summed E-state index contributed by atoms with van der Waals surface area (Å²) in [6.45, 7) is 4.11. The number of halogens is 1. The van der Waals surface area contributed by atoms with E-state index in [1.54, 1.807) is 0 Å². The standard InChI is InChI=1S/C12H18BrN3O/c1-3-10(7-12(14)16-17)15-11-5-4-9(13)6-8(11)2/h4-6,10,15,17H,3,7H2,1-2H3,(H2,14,16). The van der Waals surface area contributed by atoms with Crippen LogP contribution in [0.5, 0.6) is 0 Å². The molecule has 1 aromatic carbocycles. The summed E-state index contributed by atoms with van der Waals surface area (Å²) in [6.07, 6.45) is 1.44. The van der Waals surface area contributed by atoms with Gasteiger partial charge in [0.25, 0.3) is 0 Å². The third kappa shape index (κ3) is 4.26. The normalized spacial score (nSPS) is 13.5. The van der Waals surface area contributed by atoms with E-state index in [0.717, 1.165) is 22.1 Å². The molecular weight excluding hydrogens is 282 g/mol. The summed E-state index contributed by atoms with van der Waals surface area (Å²) in [6, 6.07) is 6.24. The Morgan fingerprint density at radius 1 is 1.59 bits per heavy atom. The monoisotopic (exact) mass is 299 g/mol. The summed E-state index contributed by atoms with van der Waals surface area (Å²) in [5.41, 5.74) is 7.76. The Balaban J connectivity index is 2.73. The van der Waals surface area contributed by atoms with Gasteiger partial charge in [0.15, 0.2) is 0 Å². The maximum absolute atomic E-state index is 8.57. The molecular formula is C12H18BrN3O. The highest BCUT2D eigenvalue weighted by Gasteiger charge is 2.10. The first kappa shape index (κ1) is 13.8. The Morgan fingerprint density at radius 2 is 2.29 bits per heavy atom. The zero-order valence-electron chi connectivity index (χ0n) is 10.1. The quantitative estimate of drug-likeness (QED) is 0.339. The molecule has 0 aliphatic heterocycles. The van der Waals surface area contributed by atoms with Crippen LogP contribution >= 0.6 is 15.9 Å². The van der Waals surface area contributed by atoms with E-state index in [4.69, 9.17) is 10.9 Å². The van der Waals surface area contributed by atoms with E-state index in [2.05, 4.69) is 39.4 Å². The van der Waals surface area contributed by atoms with Gasteiger partial charge >= 0.3 is 0 Å². The van der Waals surface area contributed by atoms with Crippen LogP contribution in [-0.4, -0.2) is 17.1 Å². The van der Waals surface area contributed by atoms with Gasteiger partial charge in [0.1, 0.15) is 5.84 Å². The number of anilines is 1. The highest BCUT2D eigenvalue weighted by molar-refractivity contribution is 9.10. The van der Waals surface area contributed by atoms with Crippen LogP contribution in [0.25, 0.3) is 0 Å². The van der Waals surface area contributed by atoms with Gasteiger partial charge in [-0.15, -0.1) is 0 Å². The molecule has 0 heterocycles. The van der Waals surface area contributed by atoms with Gasteiger partial charge in [-0.25, -0.2) is 0 Å². The van der Waals surface area contributed by atoms with Crippen molar-refractivity contribution in [1.29, 1.82) is 0 Å². The van der Waals surface area contributed by atoms with E-state index in [9.17, 15) is 0 Å². The Labute approximate surface area is 110 Å². The smallest absolute Gasteiger partial charge is 0.141 e. The van der Waals surface area contributed by atoms with Crippen LogP contribution in [0, 0.1) is 6.92 Å². The van der Waals surface area contributed by atoms with Crippen LogP contribution in [0.2, 0.25) is 0 Å². The number of oxime groups is 1. The van der Waals surface area contributed by atoms with Gasteiger partial charge in [-0.3, -0.25) is 0 Å². The van der Waals surface area contributed by atoms with Crippen molar-refractivity contribution < 1.29 is 5.21 Å². The Bertz CT molecular complexity index is 407. The van der Waals surface area contributed by atoms with Crippen molar-refractivity contribution in [3.63, 3.8) is 0 Å². The molecule has 17 heavy (non-hydrogen) atoms. The van der Waals surface area contributed by atoms with Crippen LogP contribution in [0.15, 0.2) is 27.8 Å². The van der Waals surface area contributed by atoms with E-state index >= 15 is 0 Å². The Kier molecular flexibility index (Phi) is 5.28. The Hall–Kier alpha value is -1.23. The number of hydrogen-bond donors (Lipinski definition) is 3. The molecule has 4 nitrogen and oxygen atoms in total. The molecule has 5 heteroatoms. The van der Waals surface area contributed by atoms with Gasteiger partial charge in [0, 0.05) is 22.6 Å². The molecule has 0 fully saturated rings. The summed E-state index contributed by atoms with van der Waals surface area (Å²) < 4.78 is 1.06. The van der Waals surface area contributed by atoms with E-state index in [0.29, 0.717) is 6.42 Å². The van der Waals surface area contributed by atoms with Crippen LogP contribution in [0.4, 0.5) is 5.69 Å². The molecule has 0 spiro atoms. The predicted octanol–water partition coefficient (Wildman–Crippen LogP) is 3.08. The lowest BCUT2D eigenvalue weighted by Crippen LogP contribution is -2.26. The summed E-state index contributed by atoms with van der Waals surface area (Å²) >= 11 is 3.43. The molecule has 1 rings (SSSR count). The number of nitrogens with one attached hydrogen (secondary N) is 1. The number of benzene rings is 1. The first-order valence-electron chi connectivity index (χ1n) is 5.56. The highest BCUT2D eigenvalue weighted by atomic mass is 79.9. The first-order chi connectivity index (χ1) is 8.06. The van der Waals surface area contributed by atoms with Crippen molar-refractivity contribution in [3.05, 3.63) is 28.2 Å². The molecule has 1 unspecified atom stereocenters. The number of amidine groups is 1. The summed E-state index contributed by atoms with van der Waals surface area (Å²) in [5, 5.41) is 15.0. The highest BCUT2D eigenvalue weighted by Crippen LogP contribution is 2.21. The molecule has 0 aliphatic rings. The lowest BCUT2D eigenvalue weighted by Gasteiger charge is -2.19.